The van der Waals surface area contributed by atoms with Crippen LogP contribution in [0.1, 0.15) is 38.5 Å². The van der Waals surface area contributed by atoms with Crippen LogP contribution in [0.2, 0.25) is 0 Å². The van der Waals surface area contributed by atoms with Crippen molar-refractivity contribution in [2.24, 2.45) is 23.2 Å². The topological polar surface area (TPSA) is 43.8 Å². The molecule has 1 aromatic rings. The van der Waals surface area contributed by atoms with E-state index in [-0.39, 0.29) is 17.0 Å². The van der Waals surface area contributed by atoms with Crippen molar-refractivity contribution in [1.82, 2.24) is 4.90 Å². The zero-order valence-corrected chi connectivity index (χ0v) is 15.2. The Labute approximate surface area is 154 Å². The lowest BCUT2D eigenvalue weighted by atomic mass is 9.49. The summed E-state index contributed by atoms with van der Waals surface area (Å²) < 4.78 is 13.5. The Morgan fingerprint density at radius 2 is 1.58 bits per heavy atom. The molecule has 0 unspecified atom stereocenters. The van der Waals surface area contributed by atoms with Crippen LogP contribution in [0.4, 0.5) is 10.1 Å². The number of carbonyl (C=O) groups is 1. The second-order valence-electron chi connectivity index (χ2n) is 9.11. The monoisotopic (exact) mass is 358 g/mol. The van der Waals surface area contributed by atoms with E-state index in [2.05, 4.69) is 0 Å². The summed E-state index contributed by atoms with van der Waals surface area (Å²) in [7, 11) is 0. The van der Waals surface area contributed by atoms with Crippen LogP contribution in [-0.4, -0.2) is 42.1 Å². The summed E-state index contributed by atoms with van der Waals surface area (Å²) >= 11 is 0. The zero-order valence-electron chi connectivity index (χ0n) is 15.2. The molecule has 1 aromatic carbocycles. The van der Waals surface area contributed by atoms with Gasteiger partial charge in [-0.3, -0.25) is 4.79 Å². The summed E-state index contributed by atoms with van der Waals surface area (Å²) in [4.78, 5) is 17.4. The number of carbonyl (C=O) groups excluding carboxylic acids is 1. The lowest BCUT2D eigenvalue weighted by Crippen LogP contribution is -2.58. The molecule has 4 saturated carbocycles. The Hall–Kier alpha value is -1.78. The summed E-state index contributed by atoms with van der Waals surface area (Å²) in [6.45, 7) is 2.62. The number of anilines is 1. The van der Waals surface area contributed by atoms with E-state index >= 15 is 0 Å². The Morgan fingerprint density at radius 3 is 2.15 bits per heavy atom. The Balaban J connectivity index is 1.28. The summed E-state index contributed by atoms with van der Waals surface area (Å²) in [5.74, 6) is 2.46. The Morgan fingerprint density at radius 1 is 1.00 bits per heavy atom. The molecular weight excluding hydrogens is 331 g/mol. The number of nitrogens with zero attached hydrogens (tertiary/aromatic N) is 2. The maximum atomic E-state index is 13.5. The van der Waals surface area contributed by atoms with Gasteiger partial charge in [-0.1, -0.05) is 0 Å². The number of rotatable bonds is 2. The van der Waals surface area contributed by atoms with Gasteiger partial charge in [-0.15, -0.1) is 0 Å². The number of piperazine rings is 1. The average molecular weight is 358 g/mol. The fourth-order valence-corrected chi connectivity index (χ4v) is 6.61. The van der Waals surface area contributed by atoms with Crippen LogP contribution in [0, 0.1) is 29.0 Å². The summed E-state index contributed by atoms with van der Waals surface area (Å²) in [6.07, 6.45) is 7.34. The highest BCUT2D eigenvalue weighted by molar-refractivity contribution is 5.83. The van der Waals surface area contributed by atoms with Crippen molar-refractivity contribution in [2.45, 2.75) is 38.5 Å². The molecule has 5 fully saturated rings. The molecule has 5 aliphatic rings. The second kappa shape index (κ2) is 5.86. The molecule has 1 aliphatic heterocycles. The van der Waals surface area contributed by atoms with E-state index in [0.717, 1.165) is 37.0 Å². The van der Waals surface area contributed by atoms with Gasteiger partial charge in [-0.2, -0.15) is 0 Å². The minimum absolute atomic E-state index is 0.0854. The molecule has 140 valence electrons. The predicted molar refractivity (Wildman–Crippen MR) is 97.5 cm³/mol. The zero-order chi connectivity index (χ0) is 17.9. The van der Waals surface area contributed by atoms with E-state index in [9.17, 15) is 14.3 Å². The van der Waals surface area contributed by atoms with E-state index in [1.807, 2.05) is 9.80 Å². The molecule has 0 radical (unpaired) electrons. The molecule has 5 heteroatoms. The molecule has 6 rings (SSSR count). The number of amides is 1. The van der Waals surface area contributed by atoms with Gasteiger partial charge in [0.05, 0.1) is 11.1 Å². The first-order valence-corrected chi connectivity index (χ1v) is 10.1. The normalized spacial score (nSPS) is 35.8. The molecule has 0 atom stereocenters. The number of phenols is 1. The van der Waals surface area contributed by atoms with Crippen LogP contribution in [0.15, 0.2) is 18.2 Å². The fourth-order valence-electron chi connectivity index (χ4n) is 6.61. The molecule has 4 nitrogen and oxygen atoms in total. The van der Waals surface area contributed by atoms with E-state index in [1.54, 1.807) is 0 Å². The third-order valence-electron chi connectivity index (χ3n) is 7.34. The first-order valence-electron chi connectivity index (χ1n) is 10.1. The van der Waals surface area contributed by atoms with E-state index in [1.165, 1.54) is 37.5 Å². The Kier molecular flexibility index (Phi) is 3.70. The minimum atomic E-state index is -0.343. The maximum Gasteiger partial charge on any atom is 0.228 e. The van der Waals surface area contributed by atoms with Crippen LogP contribution in [0.5, 0.6) is 5.75 Å². The van der Waals surface area contributed by atoms with E-state index in [4.69, 9.17) is 0 Å². The Bertz CT molecular complexity index is 691. The van der Waals surface area contributed by atoms with Gasteiger partial charge in [0.1, 0.15) is 11.6 Å². The van der Waals surface area contributed by atoms with Crippen LogP contribution in [0.3, 0.4) is 0 Å². The van der Waals surface area contributed by atoms with Crippen LogP contribution >= 0.6 is 0 Å². The quantitative estimate of drug-likeness (QED) is 0.881. The third kappa shape index (κ3) is 2.58. The molecule has 1 heterocycles. The fraction of sp³-hybridized carbons (Fsp3) is 0.667. The van der Waals surface area contributed by atoms with Gasteiger partial charge in [0.25, 0.3) is 0 Å². The number of benzene rings is 1. The van der Waals surface area contributed by atoms with Crippen molar-refractivity contribution < 1.29 is 14.3 Å². The highest BCUT2D eigenvalue weighted by atomic mass is 19.1. The number of hydrogen-bond acceptors (Lipinski definition) is 3. The lowest BCUT2D eigenvalue weighted by Gasteiger charge is -2.57. The van der Waals surface area contributed by atoms with Gasteiger partial charge in [-0.25, -0.2) is 4.39 Å². The molecule has 1 amide bonds. The van der Waals surface area contributed by atoms with Crippen LogP contribution in [0.25, 0.3) is 0 Å². The number of phenolic OH excluding ortho intramolecular Hbond substituents is 1. The van der Waals surface area contributed by atoms with Gasteiger partial charge in [0, 0.05) is 32.2 Å². The predicted octanol–water partition coefficient (Wildman–Crippen LogP) is 3.40. The number of aromatic hydroxyl groups is 1. The third-order valence-corrected chi connectivity index (χ3v) is 7.34. The molecule has 0 spiro atoms. The molecule has 1 N–H and O–H groups in total. The number of halogens is 1. The van der Waals surface area contributed by atoms with Crippen molar-refractivity contribution in [3.63, 3.8) is 0 Å². The minimum Gasteiger partial charge on any atom is -0.506 e. The van der Waals surface area contributed by atoms with Crippen molar-refractivity contribution in [3.8, 4) is 5.75 Å². The SMILES string of the molecule is O=C(N1CCN(c2cc(F)ccc2O)CC1)C12CC3CC(CC(C3)C1)C2. The first kappa shape index (κ1) is 16.4. The number of hydrogen-bond donors (Lipinski definition) is 1. The first-order chi connectivity index (χ1) is 12.5. The van der Waals surface area contributed by atoms with Gasteiger partial charge >= 0.3 is 0 Å². The molecule has 4 bridgehead atoms. The summed E-state index contributed by atoms with van der Waals surface area (Å²) in [6, 6.07) is 4.05. The maximum absolute atomic E-state index is 13.5. The van der Waals surface area contributed by atoms with Gasteiger partial charge in [-0.05, 0) is 68.4 Å². The van der Waals surface area contributed by atoms with Crippen LogP contribution in [-0.2, 0) is 4.79 Å². The largest absolute Gasteiger partial charge is 0.506 e. The summed E-state index contributed by atoms with van der Waals surface area (Å²) in [5.41, 5.74) is 0.449. The van der Waals surface area contributed by atoms with Gasteiger partial charge in [0.15, 0.2) is 0 Å². The molecule has 0 aromatic heterocycles. The van der Waals surface area contributed by atoms with Crippen molar-refractivity contribution in [2.75, 3.05) is 31.1 Å². The van der Waals surface area contributed by atoms with Gasteiger partial charge in [0.2, 0.25) is 5.91 Å². The standard InChI is InChI=1S/C21H27FN2O2/c22-17-1-2-19(25)18(10-17)23-3-5-24(6-4-23)20(26)21-11-14-7-15(12-21)9-16(8-14)13-21/h1-2,10,14-16,25H,3-9,11-13H2. The van der Waals surface area contributed by atoms with Crippen molar-refractivity contribution in [3.05, 3.63) is 24.0 Å². The molecular formula is C21H27FN2O2. The average Bonchev–Trinajstić information content (AvgIpc) is 2.62. The molecule has 4 aliphatic carbocycles. The highest BCUT2D eigenvalue weighted by Crippen LogP contribution is 2.60. The van der Waals surface area contributed by atoms with E-state index < -0.39 is 0 Å². The van der Waals surface area contributed by atoms with Crippen molar-refractivity contribution >= 4 is 11.6 Å². The van der Waals surface area contributed by atoms with Gasteiger partial charge < -0.3 is 14.9 Å². The van der Waals surface area contributed by atoms with Crippen LogP contribution < -0.4 is 4.90 Å². The van der Waals surface area contributed by atoms with E-state index in [0.29, 0.717) is 37.8 Å². The molecule has 26 heavy (non-hydrogen) atoms. The highest BCUT2D eigenvalue weighted by Gasteiger charge is 2.55. The summed E-state index contributed by atoms with van der Waals surface area (Å²) in [5, 5.41) is 10.0. The molecule has 1 saturated heterocycles. The second-order valence-corrected chi connectivity index (χ2v) is 9.11. The smallest absolute Gasteiger partial charge is 0.228 e. The lowest BCUT2D eigenvalue weighted by molar-refractivity contribution is -0.158. The van der Waals surface area contributed by atoms with Crippen molar-refractivity contribution in [1.29, 1.82) is 0 Å².